The molecule has 35 heavy (non-hydrogen) atoms. The van der Waals surface area contributed by atoms with E-state index in [0.717, 1.165) is 15.6 Å². The molecule has 12 nitrogen and oxygen atoms in total. The fourth-order valence-corrected chi connectivity index (χ4v) is 4.40. The molecule has 0 fully saturated rings. The summed E-state index contributed by atoms with van der Waals surface area (Å²) < 4.78 is 6.04. The van der Waals surface area contributed by atoms with Crippen molar-refractivity contribution in [3.63, 3.8) is 0 Å². The minimum Gasteiger partial charge on any atom is -0.361 e. The van der Waals surface area contributed by atoms with E-state index in [1.165, 1.54) is 23.7 Å². The fourth-order valence-electron chi connectivity index (χ4n) is 4.40. The number of imidazole rings is 1. The lowest BCUT2D eigenvalue weighted by atomic mass is 10.1. The predicted octanol–water partition coefficient (Wildman–Crippen LogP) is 2.39. The highest BCUT2D eigenvalue weighted by Crippen LogP contribution is 2.29. The van der Waals surface area contributed by atoms with Gasteiger partial charge >= 0.3 is 5.69 Å². The Morgan fingerprint density at radius 3 is 2.63 bits per heavy atom. The van der Waals surface area contributed by atoms with Gasteiger partial charge < -0.3 is 9.55 Å². The van der Waals surface area contributed by atoms with Crippen LogP contribution in [0.4, 0.5) is 5.69 Å². The van der Waals surface area contributed by atoms with Gasteiger partial charge in [0, 0.05) is 62.3 Å². The maximum absolute atomic E-state index is 13.3. The van der Waals surface area contributed by atoms with Crippen molar-refractivity contribution < 1.29 is 4.92 Å². The van der Waals surface area contributed by atoms with Crippen LogP contribution in [0.15, 0.2) is 46.4 Å². The van der Waals surface area contributed by atoms with Gasteiger partial charge in [-0.25, -0.2) is 9.78 Å². The third-order valence-electron chi connectivity index (χ3n) is 6.09. The van der Waals surface area contributed by atoms with Crippen molar-refractivity contribution in [1.82, 2.24) is 33.4 Å². The van der Waals surface area contributed by atoms with E-state index in [2.05, 4.69) is 9.97 Å². The average molecular weight is 476 g/mol. The third kappa shape index (κ3) is 3.54. The first-order chi connectivity index (χ1) is 16.7. The number of nitro benzene ring substituents is 1. The minimum absolute atomic E-state index is 0.0204. The van der Waals surface area contributed by atoms with Gasteiger partial charge in [-0.1, -0.05) is 13.8 Å². The maximum Gasteiger partial charge on any atom is 0.332 e. The van der Waals surface area contributed by atoms with Gasteiger partial charge in [-0.3, -0.25) is 28.7 Å². The lowest BCUT2D eigenvalue weighted by Gasteiger charge is -2.11. The summed E-state index contributed by atoms with van der Waals surface area (Å²) in [6, 6.07) is 4.61. The van der Waals surface area contributed by atoms with Crippen LogP contribution in [-0.4, -0.2) is 38.4 Å². The van der Waals surface area contributed by atoms with Crippen molar-refractivity contribution in [3.05, 3.63) is 73.3 Å². The monoisotopic (exact) mass is 476 g/mol. The zero-order chi connectivity index (χ0) is 25.0. The molecule has 0 aliphatic carbocycles. The van der Waals surface area contributed by atoms with Crippen molar-refractivity contribution in [3.8, 4) is 11.5 Å². The summed E-state index contributed by atoms with van der Waals surface area (Å²) in [7, 11) is 3.27. The molecule has 0 amide bonds. The molecule has 0 saturated carbocycles. The number of benzene rings is 1. The molecule has 0 atom stereocenters. The second kappa shape index (κ2) is 8.08. The van der Waals surface area contributed by atoms with E-state index in [9.17, 15) is 19.7 Å². The smallest absolute Gasteiger partial charge is 0.332 e. The molecule has 0 spiro atoms. The zero-order valence-corrected chi connectivity index (χ0v) is 19.7. The number of aryl methyl sites for hydroxylation is 1. The van der Waals surface area contributed by atoms with Crippen molar-refractivity contribution in [2.45, 2.75) is 26.9 Å². The number of hydrogen-bond acceptors (Lipinski definition) is 6. The number of rotatable bonds is 6. The Labute approximate surface area is 198 Å². The maximum atomic E-state index is 13.3. The highest BCUT2D eigenvalue weighted by Gasteiger charge is 2.25. The number of nitro groups is 1. The van der Waals surface area contributed by atoms with Gasteiger partial charge in [-0.05, 0) is 17.5 Å². The van der Waals surface area contributed by atoms with E-state index in [4.69, 9.17) is 5.10 Å². The number of H-pyrrole nitrogens is 1. The van der Waals surface area contributed by atoms with Crippen molar-refractivity contribution in [1.29, 1.82) is 0 Å². The molecule has 0 unspecified atom stereocenters. The Kier molecular flexibility index (Phi) is 5.15. The summed E-state index contributed by atoms with van der Waals surface area (Å²) in [5.74, 6) is 0.662. The predicted molar refractivity (Wildman–Crippen MR) is 130 cm³/mol. The number of aromatic nitrogens is 7. The van der Waals surface area contributed by atoms with Gasteiger partial charge in [0.25, 0.3) is 11.2 Å². The summed E-state index contributed by atoms with van der Waals surface area (Å²) in [6.45, 7) is 4.56. The number of fused-ring (bicyclic) bond motifs is 2. The first-order valence-corrected chi connectivity index (χ1v) is 11.1. The second-order valence-corrected chi connectivity index (χ2v) is 9.02. The van der Waals surface area contributed by atoms with E-state index >= 15 is 0 Å². The largest absolute Gasteiger partial charge is 0.361 e. The highest BCUT2D eigenvalue weighted by atomic mass is 16.6. The summed E-state index contributed by atoms with van der Waals surface area (Å²) in [5, 5.41) is 17.0. The van der Waals surface area contributed by atoms with Gasteiger partial charge in [-0.15, -0.1) is 0 Å². The van der Waals surface area contributed by atoms with Crippen LogP contribution in [0.1, 0.15) is 19.4 Å². The molecule has 1 aromatic carbocycles. The minimum atomic E-state index is -0.455. The summed E-state index contributed by atoms with van der Waals surface area (Å²) >= 11 is 0. The molecular formula is C23H24N8O4. The van der Waals surface area contributed by atoms with Crippen LogP contribution >= 0.6 is 0 Å². The molecule has 0 bridgehead atoms. The molecule has 0 radical (unpaired) electrons. The normalized spacial score (nSPS) is 11.8. The number of nitrogens with one attached hydrogen (secondary N) is 1. The first-order valence-electron chi connectivity index (χ1n) is 11.1. The van der Waals surface area contributed by atoms with E-state index < -0.39 is 16.2 Å². The molecule has 4 aromatic heterocycles. The number of aromatic amines is 1. The SMILES string of the molecule is CC(C)Cn1c(=O)n(C)c(=O)c2c(-c3nccn3C)n(Cc3c[nH]c4ccc([N+](=O)[O-])cc34)nc21. The van der Waals surface area contributed by atoms with Crippen molar-refractivity contribution in [2.24, 2.45) is 20.0 Å². The molecule has 0 saturated heterocycles. The Morgan fingerprint density at radius 1 is 1.20 bits per heavy atom. The molecular weight excluding hydrogens is 452 g/mol. The number of non-ortho nitro benzene ring substituents is 1. The Balaban J connectivity index is 1.81. The third-order valence-corrected chi connectivity index (χ3v) is 6.09. The van der Waals surface area contributed by atoms with Crippen molar-refractivity contribution >= 4 is 27.6 Å². The molecule has 4 heterocycles. The Bertz CT molecular complexity index is 1730. The lowest BCUT2D eigenvalue weighted by Crippen LogP contribution is -2.38. The van der Waals surface area contributed by atoms with E-state index in [0.29, 0.717) is 28.8 Å². The molecule has 1 N–H and O–H groups in total. The quantitative estimate of drug-likeness (QED) is 0.295. The first kappa shape index (κ1) is 22.3. The second-order valence-electron chi connectivity index (χ2n) is 9.02. The van der Waals surface area contributed by atoms with Gasteiger partial charge in [0.1, 0.15) is 11.1 Å². The zero-order valence-electron chi connectivity index (χ0n) is 19.7. The van der Waals surface area contributed by atoms with E-state index in [1.807, 2.05) is 20.9 Å². The van der Waals surface area contributed by atoms with Crippen LogP contribution in [0.2, 0.25) is 0 Å². The Morgan fingerprint density at radius 2 is 1.97 bits per heavy atom. The van der Waals surface area contributed by atoms with Crippen LogP contribution < -0.4 is 11.2 Å². The summed E-state index contributed by atoms with van der Waals surface area (Å²) in [5.41, 5.74) is 1.35. The molecule has 5 rings (SSSR count). The van der Waals surface area contributed by atoms with Crippen molar-refractivity contribution in [2.75, 3.05) is 0 Å². The van der Waals surface area contributed by atoms with Crippen LogP contribution in [0.3, 0.4) is 0 Å². The molecule has 5 aromatic rings. The van der Waals surface area contributed by atoms with Gasteiger partial charge in [0.2, 0.25) is 0 Å². The number of hydrogen-bond donors (Lipinski definition) is 1. The highest BCUT2D eigenvalue weighted by molar-refractivity contribution is 5.90. The van der Waals surface area contributed by atoms with Gasteiger partial charge in [0.15, 0.2) is 11.5 Å². The summed E-state index contributed by atoms with van der Waals surface area (Å²) in [6.07, 6.45) is 5.16. The van der Waals surface area contributed by atoms with Gasteiger partial charge in [0.05, 0.1) is 11.5 Å². The molecule has 0 aliphatic heterocycles. The van der Waals surface area contributed by atoms with Crippen LogP contribution in [-0.2, 0) is 27.2 Å². The summed E-state index contributed by atoms with van der Waals surface area (Å²) in [4.78, 5) is 44.8. The molecule has 12 heteroatoms. The van der Waals surface area contributed by atoms with E-state index in [-0.39, 0.29) is 23.8 Å². The topological polar surface area (TPSA) is 139 Å². The average Bonchev–Trinajstić information content (AvgIpc) is 3.52. The standard InChI is InChI=1S/C23H24N8O4/c1-13(2)11-29-20-18(22(32)28(4)23(29)33)19(21-24-7-8-27(21)3)30(26-20)12-14-10-25-17-6-5-15(31(34)35)9-16(14)17/h5-10,13,25H,11-12H2,1-4H3. The number of nitrogens with zero attached hydrogens (tertiary/aromatic N) is 7. The lowest BCUT2D eigenvalue weighted by molar-refractivity contribution is -0.384. The van der Waals surface area contributed by atoms with Crippen LogP contribution in [0.5, 0.6) is 0 Å². The van der Waals surface area contributed by atoms with Gasteiger partial charge in [-0.2, -0.15) is 5.10 Å². The van der Waals surface area contributed by atoms with Crippen LogP contribution in [0.25, 0.3) is 33.5 Å². The van der Waals surface area contributed by atoms with E-state index in [1.54, 1.807) is 33.9 Å². The molecule has 180 valence electrons. The fraction of sp³-hybridized carbons (Fsp3) is 0.304. The van der Waals surface area contributed by atoms with Crippen LogP contribution in [0, 0.1) is 16.0 Å². The molecule has 0 aliphatic rings. The Hall–Kier alpha value is -4.48.